The Balaban J connectivity index is 1.93. The Morgan fingerprint density at radius 1 is 1.65 bits per heavy atom. The third-order valence-corrected chi connectivity index (χ3v) is 3.42. The van der Waals surface area contributed by atoms with Gasteiger partial charge in [0.15, 0.2) is 11.6 Å². The number of likely N-dealkylation sites (N-methyl/N-ethyl adjacent to an activating group) is 1. The minimum atomic E-state index is -0.390. The number of likely N-dealkylation sites (tertiary alicyclic amines) is 1. The highest BCUT2D eigenvalue weighted by Crippen LogP contribution is 2.19. The van der Waals surface area contributed by atoms with Crippen LogP contribution in [0, 0.1) is 5.82 Å². The monoisotopic (exact) mass is 257 g/mol. The number of rotatable bonds is 4. The first-order valence-electron chi connectivity index (χ1n) is 5.99. The van der Waals surface area contributed by atoms with E-state index >= 15 is 0 Å². The molecule has 1 saturated heterocycles. The molecule has 0 bridgehead atoms. The van der Waals surface area contributed by atoms with Gasteiger partial charge in [-0.25, -0.2) is 9.37 Å². The summed E-state index contributed by atoms with van der Waals surface area (Å²) in [6.07, 6.45) is 3.84. The van der Waals surface area contributed by atoms with E-state index in [1.54, 1.807) is 0 Å². The standard InChI is InChI=1S/C12H17ClFN3/c1-2-17-5-3-4-10(17)8-16-12-11(14)6-9(13)7-15-12/h6-7,10H,2-5,8H2,1H3,(H,15,16). The quantitative estimate of drug-likeness (QED) is 0.899. The summed E-state index contributed by atoms with van der Waals surface area (Å²) in [6, 6.07) is 1.76. The Hall–Kier alpha value is -0.870. The summed E-state index contributed by atoms with van der Waals surface area (Å²) in [5.41, 5.74) is 0. The number of hydrogen-bond donors (Lipinski definition) is 1. The van der Waals surface area contributed by atoms with E-state index in [1.807, 2.05) is 0 Å². The number of halogens is 2. The van der Waals surface area contributed by atoms with Crippen LogP contribution < -0.4 is 5.32 Å². The first-order chi connectivity index (χ1) is 8.20. The average molecular weight is 258 g/mol. The summed E-state index contributed by atoms with van der Waals surface area (Å²) in [4.78, 5) is 6.36. The van der Waals surface area contributed by atoms with Crippen LogP contribution in [0.2, 0.25) is 5.02 Å². The van der Waals surface area contributed by atoms with Crippen molar-refractivity contribution in [2.24, 2.45) is 0 Å². The summed E-state index contributed by atoms with van der Waals surface area (Å²) in [6.45, 7) is 5.07. The number of nitrogens with zero attached hydrogens (tertiary/aromatic N) is 2. The second-order valence-electron chi connectivity index (χ2n) is 4.29. The van der Waals surface area contributed by atoms with E-state index in [2.05, 4.69) is 22.1 Å². The van der Waals surface area contributed by atoms with Gasteiger partial charge in [-0.3, -0.25) is 4.90 Å². The predicted octanol–water partition coefficient (Wildman–Crippen LogP) is 2.77. The molecular weight excluding hydrogens is 241 g/mol. The molecule has 2 rings (SSSR count). The summed E-state index contributed by atoms with van der Waals surface area (Å²) in [7, 11) is 0. The highest BCUT2D eigenvalue weighted by atomic mass is 35.5. The van der Waals surface area contributed by atoms with Crippen LogP contribution in [0.15, 0.2) is 12.3 Å². The molecule has 1 aromatic heterocycles. The van der Waals surface area contributed by atoms with Gasteiger partial charge in [-0.05, 0) is 32.0 Å². The lowest BCUT2D eigenvalue weighted by atomic mass is 10.2. The zero-order valence-electron chi connectivity index (χ0n) is 9.92. The van der Waals surface area contributed by atoms with Gasteiger partial charge >= 0.3 is 0 Å². The highest BCUT2D eigenvalue weighted by Gasteiger charge is 2.22. The fourth-order valence-electron chi connectivity index (χ4n) is 2.30. The van der Waals surface area contributed by atoms with Gasteiger partial charge in [-0.2, -0.15) is 0 Å². The topological polar surface area (TPSA) is 28.2 Å². The molecule has 5 heteroatoms. The highest BCUT2D eigenvalue weighted by molar-refractivity contribution is 6.30. The van der Waals surface area contributed by atoms with Crippen LogP contribution in [0.1, 0.15) is 19.8 Å². The van der Waals surface area contributed by atoms with Crippen molar-refractivity contribution < 1.29 is 4.39 Å². The van der Waals surface area contributed by atoms with Crippen LogP contribution in [0.5, 0.6) is 0 Å². The molecule has 1 fully saturated rings. The Morgan fingerprint density at radius 2 is 2.47 bits per heavy atom. The molecule has 1 aliphatic heterocycles. The van der Waals surface area contributed by atoms with Crippen molar-refractivity contribution in [1.82, 2.24) is 9.88 Å². The third kappa shape index (κ3) is 3.07. The molecule has 0 amide bonds. The van der Waals surface area contributed by atoms with Crippen molar-refractivity contribution in [2.45, 2.75) is 25.8 Å². The molecule has 17 heavy (non-hydrogen) atoms. The number of anilines is 1. The lowest BCUT2D eigenvalue weighted by Gasteiger charge is -2.23. The molecule has 0 aromatic carbocycles. The minimum absolute atomic E-state index is 0.289. The third-order valence-electron chi connectivity index (χ3n) is 3.22. The normalized spacial score (nSPS) is 20.8. The second kappa shape index (κ2) is 5.65. The maximum absolute atomic E-state index is 13.5. The summed E-state index contributed by atoms with van der Waals surface area (Å²) in [5, 5.41) is 3.38. The van der Waals surface area contributed by atoms with Crippen LogP contribution >= 0.6 is 11.6 Å². The molecule has 2 heterocycles. The van der Waals surface area contributed by atoms with Crippen molar-refractivity contribution in [3.8, 4) is 0 Å². The molecule has 0 saturated carbocycles. The van der Waals surface area contributed by atoms with Crippen molar-refractivity contribution in [3.05, 3.63) is 23.1 Å². The van der Waals surface area contributed by atoms with Gasteiger partial charge in [0, 0.05) is 18.8 Å². The lowest BCUT2D eigenvalue weighted by molar-refractivity contribution is 0.276. The van der Waals surface area contributed by atoms with E-state index < -0.39 is 5.82 Å². The van der Waals surface area contributed by atoms with E-state index in [0.29, 0.717) is 11.1 Å². The number of nitrogens with one attached hydrogen (secondary N) is 1. The molecule has 0 aliphatic carbocycles. The number of aromatic nitrogens is 1. The number of pyridine rings is 1. The van der Waals surface area contributed by atoms with E-state index in [9.17, 15) is 4.39 Å². The van der Waals surface area contributed by atoms with Gasteiger partial charge in [0.1, 0.15) is 0 Å². The molecule has 0 radical (unpaired) electrons. The van der Waals surface area contributed by atoms with Gasteiger partial charge in [0.05, 0.1) is 5.02 Å². The molecule has 3 nitrogen and oxygen atoms in total. The van der Waals surface area contributed by atoms with Gasteiger partial charge in [0.2, 0.25) is 0 Å². The molecular formula is C12H17ClFN3. The van der Waals surface area contributed by atoms with E-state index in [0.717, 1.165) is 26.1 Å². The zero-order chi connectivity index (χ0) is 12.3. The van der Waals surface area contributed by atoms with Gasteiger partial charge in [-0.15, -0.1) is 0 Å². The van der Waals surface area contributed by atoms with E-state index in [1.165, 1.54) is 18.7 Å². The van der Waals surface area contributed by atoms with Crippen LogP contribution in [0.3, 0.4) is 0 Å². The smallest absolute Gasteiger partial charge is 0.166 e. The van der Waals surface area contributed by atoms with Crippen LogP contribution in [0.4, 0.5) is 10.2 Å². The van der Waals surface area contributed by atoms with Gasteiger partial charge in [-0.1, -0.05) is 18.5 Å². The first kappa shape index (κ1) is 12.6. The molecule has 1 aliphatic rings. The fourth-order valence-corrected chi connectivity index (χ4v) is 2.45. The molecule has 1 atom stereocenters. The fraction of sp³-hybridized carbons (Fsp3) is 0.583. The lowest BCUT2D eigenvalue weighted by Crippen LogP contribution is -2.34. The second-order valence-corrected chi connectivity index (χ2v) is 4.73. The Morgan fingerprint density at radius 3 is 3.18 bits per heavy atom. The Labute approximate surface area is 106 Å². The van der Waals surface area contributed by atoms with Crippen molar-refractivity contribution in [2.75, 3.05) is 25.0 Å². The summed E-state index contributed by atoms with van der Waals surface area (Å²) >= 11 is 5.65. The number of hydrogen-bond acceptors (Lipinski definition) is 3. The molecule has 0 spiro atoms. The maximum atomic E-state index is 13.5. The molecule has 1 unspecified atom stereocenters. The van der Waals surface area contributed by atoms with Crippen molar-refractivity contribution in [1.29, 1.82) is 0 Å². The molecule has 1 N–H and O–H groups in total. The largest absolute Gasteiger partial charge is 0.366 e. The van der Waals surface area contributed by atoms with Crippen LogP contribution in [-0.2, 0) is 0 Å². The average Bonchev–Trinajstić information content (AvgIpc) is 2.75. The Kier molecular flexibility index (Phi) is 4.18. The minimum Gasteiger partial charge on any atom is -0.366 e. The first-order valence-corrected chi connectivity index (χ1v) is 6.37. The predicted molar refractivity (Wildman–Crippen MR) is 68.0 cm³/mol. The summed E-state index contributed by atoms with van der Waals surface area (Å²) < 4.78 is 13.5. The van der Waals surface area contributed by atoms with Gasteiger partial charge < -0.3 is 5.32 Å². The zero-order valence-corrected chi connectivity index (χ0v) is 10.7. The molecule has 94 valence electrons. The van der Waals surface area contributed by atoms with Gasteiger partial charge in [0.25, 0.3) is 0 Å². The molecule has 1 aromatic rings. The Bertz CT molecular complexity index is 386. The van der Waals surface area contributed by atoms with Crippen molar-refractivity contribution in [3.63, 3.8) is 0 Å². The van der Waals surface area contributed by atoms with E-state index in [4.69, 9.17) is 11.6 Å². The van der Waals surface area contributed by atoms with E-state index in [-0.39, 0.29) is 5.82 Å². The summed E-state index contributed by atoms with van der Waals surface area (Å²) in [5.74, 6) is -0.101. The van der Waals surface area contributed by atoms with Crippen molar-refractivity contribution >= 4 is 17.4 Å². The van der Waals surface area contributed by atoms with Crippen LogP contribution in [-0.4, -0.2) is 35.6 Å². The SMILES string of the molecule is CCN1CCCC1CNc1ncc(Cl)cc1F. The maximum Gasteiger partial charge on any atom is 0.166 e. The van der Waals surface area contributed by atoms with Crippen LogP contribution in [0.25, 0.3) is 0 Å².